The summed E-state index contributed by atoms with van der Waals surface area (Å²) in [6.45, 7) is 10.4. The highest BCUT2D eigenvalue weighted by atomic mass is 32.2. The van der Waals surface area contributed by atoms with Gasteiger partial charge in [-0.2, -0.15) is 13.2 Å². The van der Waals surface area contributed by atoms with Gasteiger partial charge in [-0.3, -0.25) is 0 Å². The molecule has 34 heavy (non-hydrogen) atoms. The molecule has 0 radical (unpaired) electrons. The van der Waals surface area contributed by atoms with Crippen LogP contribution in [-0.4, -0.2) is 26.9 Å². The molecule has 0 unspecified atom stereocenters. The minimum absolute atomic E-state index is 0.0333. The van der Waals surface area contributed by atoms with Crippen LogP contribution in [0.3, 0.4) is 0 Å². The van der Waals surface area contributed by atoms with Crippen LogP contribution in [-0.2, 0) is 32.8 Å². The molecule has 2 aromatic rings. The van der Waals surface area contributed by atoms with Crippen LogP contribution < -0.4 is 9.86 Å². The second-order valence-electron chi connectivity index (χ2n) is 9.38. The van der Waals surface area contributed by atoms with Gasteiger partial charge in [0.05, 0.1) is 10.5 Å². The summed E-state index contributed by atoms with van der Waals surface area (Å²) in [6.07, 6.45) is -3.41. The number of benzene rings is 1. The quantitative estimate of drug-likeness (QED) is 0.525. The molecule has 7 nitrogen and oxygen atoms in total. The van der Waals surface area contributed by atoms with Gasteiger partial charge >= 0.3 is 6.18 Å². The maximum atomic E-state index is 14.0. The minimum atomic E-state index is -4.97. The lowest BCUT2D eigenvalue weighted by molar-refractivity contribution is -0.139. The Morgan fingerprint density at radius 1 is 1.00 bits per heavy atom. The lowest BCUT2D eigenvalue weighted by Gasteiger charge is -2.23. The van der Waals surface area contributed by atoms with Crippen molar-refractivity contribution in [3.05, 3.63) is 35.5 Å². The van der Waals surface area contributed by atoms with Crippen molar-refractivity contribution < 1.29 is 30.0 Å². The lowest BCUT2D eigenvalue weighted by atomic mass is 10.0. The van der Waals surface area contributed by atoms with Crippen molar-refractivity contribution >= 4 is 20.0 Å². The number of alkyl halides is 3. The van der Waals surface area contributed by atoms with Crippen LogP contribution >= 0.6 is 0 Å². The van der Waals surface area contributed by atoms with Crippen molar-refractivity contribution in [3.8, 4) is 11.3 Å². The van der Waals surface area contributed by atoms with E-state index in [1.54, 1.807) is 11.5 Å². The van der Waals surface area contributed by atoms with E-state index in [4.69, 9.17) is 5.14 Å². The molecule has 0 aliphatic carbocycles. The first-order valence-electron chi connectivity index (χ1n) is 10.8. The molecule has 1 aromatic carbocycles. The average molecular weight is 524 g/mol. The van der Waals surface area contributed by atoms with Gasteiger partial charge in [0.1, 0.15) is 4.90 Å². The van der Waals surface area contributed by atoms with Gasteiger partial charge < -0.3 is 4.57 Å². The third-order valence-electron chi connectivity index (χ3n) is 5.53. The number of halogens is 3. The summed E-state index contributed by atoms with van der Waals surface area (Å²) in [4.78, 5) is -1.09. The van der Waals surface area contributed by atoms with Gasteiger partial charge in [0, 0.05) is 23.5 Å². The first kappa shape index (κ1) is 28.3. The number of sulfonamides is 2. The van der Waals surface area contributed by atoms with Gasteiger partial charge in [-0.25, -0.2) is 26.7 Å². The Balaban J connectivity index is 2.82. The summed E-state index contributed by atoms with van der Waals surface area (Å²) in [5.41, 5.74) is -1.78. The highest BCUT2D eigenvalue weighted by Crippen LogP contribution is 2.38. The third-order valence-corrected chi connectivity index (χ3v) is 8.38. The summed E-state index contributed by atoms with van der Waals surface area (Å²) < 4.78 is 95.5. The number of nitrogens with one attached hydrogen (secondary N) is 1. The average Bonchev–Trinajstić information content (AvgIpc) is 2.99. The molecule has 0 spiro atoms. The number of nitrogens with two attached hydrogens (primary N) is 1. The molecule has 12 heteroatoms. The predicted octanol–water partition coefficient (Wildman–Crippen LogP) is 4.64. The zero-order valence-corrected chi connectivity index (χ0v) is 21.7. The highest BCUT2D eigenvalue weighted by Gasteiger charge is 2.39. The van der Waals surface area contributed by atoms with Crippen molar-refractivity contribution in [2.24, 2.45) is 11.1 Å². The molecule has 0 atom stereocenters. The molecule has 0 bridgehead atoms. The summed E-state index contributed by atoms with van der Waals surface area (Å²) >= 11 is 0. The summed E-state index contributed by atoms with van der Waals surface area (Å²) in [6, 6.07) is 4.12. The fourth-order valence-corrected chi connectivity index (χ4v) is 6.22. The Kier molecular flexibility index (Phi) is 8.03. The zero-order chi connectivity index (χ0) is 26.3. The molecule has 0 fully saturated rings. The summed E-state index contributed by atoms with van der Waals surface area (Å²) in [5, 5.41) is 5.34. The van der Waals surface area contributed by atoms with Crippen molar-refractivity contribution in [1.29, 1.82) is 0 Å². The first-order valence-corrected chi connectivity index (χ1v) is 13.8. The van der Waals surface area contributed by atoms with Gasteiger partial charge in [0.2, 0.25) is 20.0 Å². The molecule has 192 valence electrons. The van der Waals surface area contributed by atoms with E-state index in [0.29, 0.717) is 12.2 Å². The fourth-order valence-electron chi connectivity index (χ4n) is 3.79. The number of aromatic nitrogens is 1. The van der Waals surface area contributed by atoms with Crippen molar-refractivity contribution in [2.45, 2.75) is 82.4 Å². The maximum Gasteiger partial charge on any atom is 0.417 e. The van der Waals surface area contributed by atoms with E-state index in [-0.39, 0.29) is 22.1 Å². The largest absolute Gasteiger partial charge is 0.417 e. The molecule has 0 aliphatic rings. The predicted molar refractivity (Wildman–Crippen MR) is 125 cm³/mol. The second kappa shape index (κ2) is 9.63. The van der Waals surface area contributed by atoms with E-state index in [2.05, 4.69) is 4.72 Å². The normalized spacial score (nSPS) is 13.6. The van der Waals surface area contributed by atoms with E-state index >= 15 is 0 Å². The molecule has 0 saturated carbocycles. The van der Waals surface area contributed by atoms with Gasteiger partial charge in [-0.05, 0) is 57.4 Å². The molecular formula is C22H32F3N3O4S2. The Morgan fingerprint density at radius 3 is 2.00 bits per heavy atom. The molecule has 1 heterocycles. The van der Waals surface area contributed by atoms with Crippen LogP contribution in [0, 0.1) is 12.8 Å². The van der Waals surface area contributed by atoms with E-state index in [1.165, 1.54) is 32.9 Å². The molecular weight excluding hydrogens is 491 g/mol. The van der Waals surface area contributed by atoms with E-state index in [1.807, 2.05) is 13.8 Å². The van der Waals surface area contributed by atoms with Crippen LogP contribution in [0.15, 0.2) is 34.1 Å². The molecule has 0 aliphatic heterocycles. The standard InChI is InChI=1S/C22H32F3N3O4S2/c1-7-15(8-2)13-28-14(3)20(33(26,29)30)12-18(28)16-9-10-19(17(11-16)22(23,24)25)34(31,32)27-21(4,5)6/h9-12,15,27H,7-8,13H2,1-6H3,(H2,26,29,30). The van der Waals surface area contributed by atoms with Gasteiger partial charge in [-0.1, -0.05) is 32.8 Å². The van der Waals surface area contributed by atoms with E-state index < -0.39 is 42.2 Å². The SMILES string of the molecule is CCC(CC)Cn1c(-c2ccc(S(=O)(=O)NC(C)(C)C)c(C(F)(F)F)c2)cc(S(N)(=O)=O)c1C. The van der Waals surface area contributed by atoms with Crippen molar-refractivity contribution in [1.82, 2.24) is 9.29 Å². The number of nitrogens with zero attached hydrogens (tertiary/aromatic N) is 1. The Hall–Kier alpha value is -1.89. The Bertz CT molecular complexity index is 1260. The smallest absolute Gasteiger partial charge is 0.343 e. The number of hydrogen-bond donors (Lipinski definition) is 2. The molecule has 1 aromatic heterocycles. The van der Waals surface area contributed by atoms with Crippen molar-refractivity contribution in [3.63, 3.8) is 0 Å². The molecule has 0 amide bonds. The van der Waals surface area contributed by atoms with Gasteiger partial charge in [-0.15, -0.1) is 0 Å². The lowest BCUT2D eigenvalue weighted by Crippen LogP contribution is -2.41. The number of rotatable bonds is 8. The Labute approximate surface area is 199 Å². The topological polar surface area (TPSA) is 111 Å². The van der Waals surface area contributed by atoms with Crippen LogP contribution in [0.2, 0.25) is 0 Å². The minimum Gasteiger partial charge on any atom is -0.343 e. The van der Waals surface area contributed by atoms with Crippen LogP contribution in [0.4, 0.5) is 13.2 Å². The molecule has 0 saturated heterocycles. The third kappa shape index (κ3) is 6.41. The van der Waals surface area contributed by atoms with E-state index in [0.717, 1.165) is 25.0 Å². The maximum absolute atomic E-state index is 14.0. The summed E-state index contributed by atoms with van der Waals surface area (Å²) in [7, 11) is -8.62. The number of hydrogen-bond acceptors (Lipinski definition) is 4. The molecule has 3 N–H and O–H groups in total. The highest BCUT2D eigenvalue weighted by molar-refractivity contribution is 7.89. The van der Waals surface area contributed by atoms with Gasteiger partial charge in [0.15, 0.2) is 0 Å². The number of primary sulfonamides is 1. The molecule has 2 rings (SSSR count). The van der Waals surface area contributed by atoms with Crippen LogP contribution in [0.5, 0.6) is 0 Å². The van der Waals surface area contributed by atoms with E-state index in [9.17, 15) is 30.0 Å². The van der Waals surface area contributed by atoms with Crippen LogP contribution in [0.1, 0.15) is 58.7 Å². The second-order valence-corrected chi connectivity index (χ2v) is 12.6. The van der Waals surface area contributed by atoms with Crippen molar-refractivity contribution in [2.75, 3.05) is 0 Å². The fraction of sp³-hybridized carbons (Fsp3) is 0.545. The van der Waals surface area contributed by atoms with Crippen LogP contribution in [0.25, 0.3) is 11.3 Å². The first-order chi connectivity index (χ1) is 15.3. The Morgan fingerprint density at radius 2 is 1.56 bits per heavy atom. The monoisotopic (exact) mass is 523 g/mol. The van der Waals surface area contributed by atoms with Gasteiger partial charge in [0.25, 0.3) is 0 Å². The zero-order valence-electron chi connectivity index (χ0n) is 20.1. The summed E-state index contributed by atoms with van der Waals surface area (Å²) in [5.74, 6) is 0.149.